The predicted molar refractivity (Wildman–Crippen MR) is 150 cm³/mol. The lowest BCUT2D eigenvalue weighted by Gasteiger charge is -2.60. The van der Waals surface area contributed by atoms with Crippen LogP contribution in [0.25, 0.3) is 0 Å². The first-order chi connectivity index (χ1) is 18.1. The first-order valence-corrected chi connectivity index (χ1v) is 15.7. The van der Waals surface area contributed by atoms with E-state index < -0.39 is 6.10 Å². The first kappa shape index (κ1) is 26.8. The number of aliphatic hydroxyl groups excluding tert-OH is 1. The smallest absolute Gasteiger partial charge is 0.338 e. The largest absolute Gasteiger partial charge is 0.459 e. The number of hydrogen-bond acceptors (Lipinski definition) is 4. The fourth-order valence-electron chi connectivity index (χ4n) is 10.5. The van der Waals surface area contributed by atoms with Gasteiger partial charge in [0.15, 0.2) is 0 Å². The molecule has 4 saturated carbocycles. The molecule has 5 fully saturated rings. The number of ether oxygens (including phenoxy) is 2. The number of esters is 1. The number of hydrogen-bond donors (Lipinski definition) is 1. The molecule has 1 heterocycles. The van der Waals surface area contributed by atoms with E-state index in [2.05, 4.69) is 34.6 Å². The van der Waals surface area contributed by atoms with Crippen LogP contribution in [0.3, 0.4) is 0 Å². The van der Waals surface area contributed by atoms with Gasteiger partial charge >= 0.3 is 5.97 Å². The Balaban J connectivity index is 1.17. The standard InChI is InChI=1S/C34H50O4/c1-21(2)10-9-11-22(3)25-14-15-26-28-27(17-18-32(25,26)4)33(5)19-16-24(20-34(33)30(38-34)29(28)35)37-31(36)23-12-7-6-8-13-23/h6-8,12-13,21-22,24-30,35H,9-11,14-20H2,1-5H3/t22-,24-,25+,26-,27-,28-,29+,30-,32+,33+,34-/m0/s1. The summed E-state index contributed by atoms with van der Waals surface area (Å²) >= 11 is 0. The normalized spacial score (nSPS) is 45.9. The fraction of sp³-hybridized carbons (Fsp3) is 0.794. The van der Waals surface area contributed by atoms with Crippen molar-refractivity contribution in [3.05, 3.63) is 35.9 Å². The third-order valence-corrected chi connectivity index (χ3v) is 12.6. The molecule has 6 rings (SSSR count). The molecular weight excluding hydrogens is 472 g/mol. The van der Waals surface area contributed by atoms with Crippen molar-refractivity contribution in [3.8, 4) is 0 Å². The van der Waals surface area contributed by atoms with Gasteiger partial charge in [0.1, 0.15) is 17.8 Å². The molecule has 0 bridgehead atoms. The minimum Gasteiger partial charge on any atom is -0.459 e. The lowest BCUT2D eigenvalue weighted by atomic mass is 9.43. The van der Waals surface area contributed by atoms with Crippen LogP contribution in [0.15, 0.2) is 30.3 Å². The van der Waals surface area contributed by atoms with E-state index in [-0.39, 0.29) is 29.2 Å². The van der Waals surface area contributed by atoms with Crippen molar-refractivity contribution in [3.63, 3.8) is 0 Å². The second-order valence-corrected chi connectivity index (χ2v) is 14.8. The first-order valence-electron chi connectivity index (χ1n) is 15.7. The SMILES string of the molecule is CC(C)CCC[C@H](C)[C@H]1CC[C@H]2[C@@H]3[C@@H](O)[C@@H]4O[C@@]45C[C@@H](OC(=O)c4ccccc4)CC[C@]5(C)[C@H]3CC[C@]12C. The van der Waals surface area contributed by atoms with Gasteiger partial charge in [0.25, 0.3) is 0 Å². The highest BCUT2D eigenvalue weighted by molar-refractivity contribution is 5.89. The number of rotatable bonds is 7. The summed E-state index contributed by atoms with van der Waals surface area (Å²) < 4.78 is 12.6. The summed E-state index contributed by atoms with van der Waals surface area (Å²) in [5.41, 5.74) is 0.673. The maximum atomic E-state index is 12.8. The van der Waals surface area contributed by atoms with Crippen LogP contribution in [-0.2, 0) is 9.47 Å². The van der Waals surface area contributed by atoms with Gasteiger partial charge in [0, 0.05) is 11.8 Å². The van der Waals surface area contributed by atoms with Gasteiger partial charge in [-0.2, -0.15) is 0 Å². The van der Waals surface area contributed by atoms with E-state index in [1.807, 2.05) is 30.3 Å². The molecule has 0 amide bonds. The van der Waals surface area contributed by atoms with Gasteiger partial charge in [0.05, 0.1) is 11.7 Å². The average molecular weight is 523 g/mol. The highest BCUT2D eigenvalue weighted by Crippen LogP contribution is 2.74. The summed E-state index contributed by atoms with van der Waals surface area (Å²) in [6.45, 7) is 12.2. The van der Waals surface area contributed by atoms with Crippen LogP contribution in [-0.4, -0.2) is 35.0 Å². The Bertz CT molecular complexity index is 1020. The van der Waals surface area contributed by atoms with Crippen molar-refractivity contribution >= 4 is 5.97 Å². The van der Waals surface area contributed by atoms with Gasteiger partial charge in [-0.05, 0) is 91.6 Å². The summed E-state index contributed by atoms with van der Waals surface area (Å²) in [6, 6.07) is 9.30. The molecule has 4 nitrogen and oxygen atoms in total. The van der Waals surface area contributed by atoms with Crippen molar-refractivity contribution in [1.82, 2.24) is 0 Å². The number of carbonyl (C=O) groups excluding carboxylic acids is 1. The summed E-state index contributed by atoms with van der Waals surface area (Å²) in [4.78, 5) is 12.8. The highest BCUT2D eigenvalue weighted by Gasteiger charge is 2.79. The van der Waals surface area contributed by atoms with Crippen LogP contribution in [0.2, 0.25) is 0 Å². The van der Waals surface area contributed by atoms with Crippen LogP contribution in [0.5, 0.6) is 0 Å². The molecule has 11 atom stereocenters. The lowest BCUT2D eigenvalue weighted by Crippen LogP contribution is -2.63. The average Bonchev–Trinajstić information content (AvgIpc) is 3.51. The molecule has 4 heteroatoms. The number of carbonyl (C=O) groups is 1. The summed E-state index contributed by atoms with van der Waals surface area (Å²) in [6.07, 6.45) is 11.1. The van der Waals surface area contributed by atoms with Gasteiger partial charge in [-0.25, -0.2) is 4.79 Å². The highest BCUT2D eigenvalue weighted by atomic mass is 16.6. The van der Waals surface area contributed by atoms with E-state index in [1.54, 1.807) is 0 Å². The van der Waals surface area contributed by atoms with E-state index in [4.69, 9.17) is 9.47 Å². The van der Waals surface area contributed by atoms with Gasteiger partial charge in [-0.3, -0.25) is 0 Å². The van der Waals surface area contributed by atoms with E-state index in [9.17, 15) is 9.90 Å². The minimum atomic E-state index is -0.392. The molecular formula is C34H50O4. The van der Waals surface area contributed by atoms with Crippen LogP contribution >= 0.6 is 0 Å². The molecule has 0 aromatic heterocycles. The summed E-state index contributed by atoms with van der Waals surface area (Å²) in [5.74, 6) is 3.53. The molecule has 38 heavy (non-hydrogen) atoms. The van der Waals surface area contributed by atoms with Crippen molar-refractivity contribution in [2.24, 2.45) is 46.3 Å². The molecule has 5 aliphatic rings. The lowest BCUT2D eigenvalue weighted by molar-refractivity contribution is -0.151. The number of epoxide rings is 1. The number of fused-ring (bicyclic) bond motifs is 4. The van der Waals surface area contributed by atoms with E-state index in [0.717, 1.165) is 37.0 Å². The zero-order chi connectivity index (χ0) is 26.9. The van der Waals surface area contributed by atoms with Crippen molar-refractivity contribution in [2.45, 2.75) is 123 Å². The second kappa shape index (κ2) is 9.61. The number of benzene rings is 1. The maximum absolute atomic E-state index is 12.8. The van der Waals surface area contributed by atoms with Crippen molar-refractivity contribution in [1.29, 1.82) is 0 Å². The molecule has 1 aliphatic heterocycles. The summed E-state index contributed by atoms with van der Waals surface area (Å²) in [7, 11) is 0. The molecule has 1 aromatic rings. The Labute approximate surface area is 230 Å². The van der Waals surface area contributed by atoms with Gasteiger partial charge in [-0.1, -0.05) is 72.1 Å². The molecule has 210 valence electrons. The van der Waals surface area contributed by atoms with E-state index in [1.165, 1.54) is 44.9 Å². The second-order valence-electron chi connectivity index (χ2n) is 14.8. The molecule has 0 unspecified atom stereocenters. The van der Waals surface area contributed by atoms with Gasteiger partial charge in [0.2, 0.25) is 0 Å². The number of aliphatic hydroxyl groups is 1. The molecule has 1 aromatic carbocycles. The van der Waals surface area contributed by atoms with Crippen LogP contribution in [0, 0.1) is 46.3 Å². The topological polar surface area (TPSA) is 59.1 Å². The fourth-order valence-corrected chi connectivity index (χ4v) is 10.5. The third kappa shape index (κ3) is 4.02. The zero-order valence-corrected chi connectivity index (χ0v) is 24.3. The Morgan fingerprint density at radius 3 is 2.53 bits per heavy atom. The Morgan fingerprint density at radius 2 is 1.79 bits per heavy atom. The Morgan fingerprint density at radius 1 is 1.03 bits per heavy atom. The van der Waals surface area contributed by atoms with Gasteiger partial charge < -0.3 is 14.6 Å². The summed E-state index contributed by atoms with van der Waals surface area (Å²) in [5, 5.41) is 11.9. The minimum absolute atomic E-state index is 0.0551. The third-order valence-electron chi connectivity index (χ3n) is 12.6. The van der Waals surface area contributed by atoms with E-state index in [0.29, 0.717) is 28.7 Å². The van der Waals surface area contributed by atoms with Gasteiger partial charge in [-0.15, -0.1) is 0 Å². The molecule has 4 aliphatic carbocycles. The Kier molecular flexibility index (Phi) is 6.78. The maximum Gasteiger partial charge on any atom is 0.338 e. The quantitative estimate of drug-likeness (QED) is 0.299. The zero-order valence-electron chi connectivity index (χ0n) is 24.3. The monoisotopic (exact) mass is 522 g/mol. The van der Waals surface area contributed by atoms with Crippen LogP contribution in [0.1, 0.15) is 109 Å². The van der Waals surface area contributed by atoms with Crippen molar-refractivity contribution < 1.29 is 19.4 Å². The molecule has 0 radical (unpaired) electrons. The van der Waals surface area contributed by atoms with Crippen LogP contribution in [0.4, 0.5) is 0 Å². The predicted octanol–water partition coefficient (Wildman–Crippen LogP) is 7.44. The molecule has 1 spiro atoms. The Hall–Kier alpha value is -1.39. The van der Waals surface area contributed by atoms with Crippen molar-refractivity contribution in [2.75, 3.05) is 0 Å². The molecule has 1 N–H and O–H groups in total. The van der Waals surface area contributed by atoms with Crippen LogP contribution < -0.4 is 0 Å². The van der Waals surface area contributed by atoms with E-state index >= 15 is 0 Å². The molecule has 1 saturated heterocycles.